The van der Waals surface area contributed by atoms with Crippen molar-refractivity contribution in [1.29, 1.82) is 0 Å². The molecule has 0 spiro atoms. The molecule has 0 atom stereocenters. The first-order chi connectivity index (χ1) is 11.2. The molecule has 1 aromatic carbocycles. The van der Waals surface area contributed by atoms with Gasteiger partial charge in [-0.05, 0) is 74.3 Å². The van der Waals surface area contributed by atoms with Crippen molar-refractivity contribution in [2.24, 2.45) is 17.8 Å². The van der Waals surface area contributed by atoms with Crippen LogP contribution in [-0.4, -0.2) is 0 Å². The van der Waals surface area contributed by atoms with Crippen LogP contribution < -0.4 is 0 Å². The maximum atomic E-state index is 14.0. The third-order valence-electron chi connectivity index (χ3n) is 6.43. The summed E-state index contributed by atoms with van der Waals surface area (Å²) < 4.78 is 27.9. The van der Waals surface area contributed by atoms with Gasteiger partial charge in [0.05, 0.1) is 0 Å². The van der Waals surface area contributed by atoms with E-state index in [1.807, 2.05) is 0 Å². The van der Waals surface area contributed by atoms with E-state index in [0.29, 0.717) is 5.56 Å². The smallest absolute Gasteiger partial charge is 0.129 e. The molecular formula is C21H30F2. The van der Waals surface area contributed by atoms with Crippen LogP contribution in [0.25, 0.3) is 0 Å². The van der Waals surface area contributed by atoms with E-state index >= 15 is 0 Å². The van der Waals surface area contributed by atoms with Crippen LogP contribution in [0.1, 0.15) is 82.6 Å². The molecule has 0 nitrogen and oxygen atoms in total. The van der Waals surface area contributed by atoms with E-state index in [-0.39, 0.29) is 17.6 Å². The van der Waals surface area contributed by atoms with Crippen molar-refractivity contribution in [1.82, 2.24) is 0 Å². The highest BCUT2D eigenvalue weighted by atomic mass is 19.1. The summed E-state index contributed by atoms with van der Waals surface area (Å²) in [5.74, 6) is 2.00. The molecule has 0 aromatic heterocycles. The van der Waals surface area contributed by atoms with Crippen molar-refractivity contribution < 1.29 is 8.78 Å². The van der Waals surface area contributed by atoms with Gasteiger partial charge in [-0.2, -0.15) is 0 Å². The third kappa shape index (κ3) is 3.95. The second kappa shape index (κ2) is 7.77. The van der Waals surface area contributed by atoms with E-state index in [1.165, 1.54) is 56.7 Å². The first kappa shape index (κ1) is 16.9. The Labute approximate surface area is 139 Å². The number of halogens is 2. The number of rotatable bonds is 4. The zero-order chi connectivity index (χ0) is 16.2. The summed E-state index contributed by atoms with van der Waals surface area (Å²) in [7, 11) is 0. The van der Waals surface area contributed by atoms with Crippen molar-refractivity contribution in [2.75, 3.05) is 0 Å². The molecule has 0 saturated heterocycles. The van der Waals surface area contributed by atoms with Crippen LogP contribution in [0.15, 0.2) is 18.2 Å². The van der Waals surface area contributed by atoms with Crippen molar-refractivity contribution in [2.45, 2.75) is 77.0 Å². The fraction of sp³-hybridized carbons (Fsp3) is 0.714. The molecular weight excluding hydrogens is 290 g/mol. The monoisotopic (exact) mass is 320 g/mol. The average molecular weight is 320 g/mol. The van der Waals surface area contributed by atoms with Gasteiger partial charge in [-0.1, -0.05) is 38.7 Å². The van der Waals surface area contributed by atoms with E-state index in [1.54, 1.807) is 0 Å². The molecule has 0 radical (unpaired) electrons. The Morgan fingerprint density at radius 3 is 1.87 bits per heavy atom. The third-order valence-corrected chi connectivity index (χ3v) is 6.43. The minimum atomic E-state index is -0.353. The lowest BCUT2D eigenvalue weighted by molar-refractivity contribution is 0.155. The lowest BCUT2D eigenvalue weighted by atomic mass is 9.68. The molecule has 1 aromatic rings. The van der Waals surface area contributed by atoms with Crippen LogP contribution in [0.2, 0.25) is 0 Å². The van der Waals surface area contributed by atoms with Gasteiger partial charge >= 0.3 is 0 Å². The quantitative estimate of drug-likeness (QED) is 0.569. The Hall–Kier alpha value is -0.920. The second-order valence-corrected chi connectivity index (χ2v) is 7.82. The van der Waals surface area contributed by atoms with Gasteiger partial charge in [0, 0.05) is 5.56 Å². The van der Waals surface area contributed by atoms with Gasteiger partial charge in [0.15, 0.2) is 0 Å². The lowest BCUT2D eigenvalue weighted by Crippen LogP contribution is -2.25. The van der Waals surface area contributed by atoms with Gasteiger partial charge in [-0.3, -0.25) is 0 Å². The molecule has 128 valence electrons. The van der Waals surface area contributed by atoms with Crippen LogP contribution >= 0.6 is 0 Å². The largest absolute Gasteiger partial charge is 0.207 e. The Kier molecular flexibility index (Phi) is 5.71. The van der Waals surface area contributed by atoms with Gasteiger partial charge in [0.25, 0.3) is 0 Å². The highest BCUT2D eigenvalue weighted by Crippen LogP contribution is 2.45. The minimum absolute atomic E-state index is 0.0869. The minimum Gasteiger partial charge on any atom is -0.207 e. The molecule has 2 aliphatic carbocycles. The molecule has 0 unspecified atom stereocenters. The Morgan fingerprint density at radius 2 is 1.35 bits per heavy atom. The number of benzene rings is 1. The van der Waals surface area contributed by atoms with Gasteiger partial charge in [-0.15, -0.1) is 0 Å². The molecule has 2 heteroatoms. The molecule has 0 bridgehead atoms. The van der Waals surface area contributed by atoms with Crippen molar-refractivity contribution in [3.63, 3.8) is 0 Å². The number of hydrogen-bond acceptors (Lipinski definition) is 0. The van der Waals surface area contributed by atoms with Crippen LogP contribution in [0.4, 0.5) is 8.78 Å². The molecule has 2 saturated carbocycles. The van der Waals surface area contributed by atoms with Gasteiger partial charge in [0.2, 0.25) is 0 Å². The van der Waals surface area contributed by atoms with Crippen LogP contribution in [0.3, 0.4) is 0 Å². The highest BCUT2D eigenvalue weighted by Gasteiger charge is 2.32. The Bertz CT molecular complexity index is 474. The molecule has 0 N–H and O–H groups in total. The van der Waals surface area contributed by atoms with E-state index < -0.39 is 0 Å². The van der Waals surface area contributed by atoms with Gasteiger partial charge in [0.1, 0.15) is 11.6 Å². The van der Waals surface area contributed by atoms with Crippen molar-refractivity contribution >= 4 is 0 Å². The molecule has 2 aliphatic rings. The number of hydrogen-bond donors (Lipinski definition) is 0. The molecule has 3 rings (SSSR count). The summed E-state index contributed by atoms with van der Waals surface area (Å²) in [6.07, 6.45) is 12.5. The van der Waals surface area contributed by atoms with Crippen LogP contribution in [0, 0.1) is 29.4 Å². The second-order valence-electron chi connectivity index (χ2n) is 7.82. The highest BCUT2D eigenvalue weighted by molar-refractivity contribution is 5.24. The summed E-state index contributed by atoms with van der Waals surface area (Å²) in [4.78, 5) is 0. The van der Waals surface area contributed by atoms with Gasteiger partial charge in [-0.25, -0.2) is 8.78 Å². The first-order valence-electron chi connectivity index (χ1n) is 9.63. The maximum Gasteiger partial charge on any atom is 0.129 e. The van der Waals surface area contributed by atoms with E-state index in [9.17, 15) is 8.78 Å². The Morgan fingerprint density at radius 1 is 0.826 bits per heavy atom. The average Bonchev–Trinajstić information content (AvgIpc) is 2.56. The van der Waals surface area contributed by atoms with E-state index in [4.69, 9.17) is 0 Å². The normalized spacial score (nSPS) is 32.0. The van der Waals surface area contributed by atoms with Crippen LogP contribution in [-0.2, 0) is 0 Å². The first-order valence-corrected chi connectivity index (χ1v) is 9.63. The van der Waals surface area contributed by atoms with Crippen LogP contribution in [0.5, 0.6) is 0 Å². The molecule has 0 aliphatic heterocycles. The van der Waals surface area contributed by atoms with E-state index in [0.717, 1.165) is 43.4 Å². The zero-order valence-electron chi connectivity index (χ0n) is 14.4. The molecule has 0 amide bonds. The summed E-state index contributed by atoms with van der Waals surface area (Å²) in [6.45, 7) is 2.29. The predicted molar refractivity (Wildman–Crippen MR) is 91.4 cm³/mol. The molecule has 23 heavy (non-hydrogen) atoms. The van der Waals surface area contributed by atoms with Crippen molar-refractivity contribution in [3.05, 3.63) is 35.4 Å². The molecule has 0 heterocycles. The standard InChI is InChI=1S/C21H30F2/c1-2-4-15-7-9-16(10-8-15)17-11-13-18(14-12-17)21-19(22)5-3-6-20(21)23/h3,5-6,15-18H,2,4,7-14H2,1H3. The van der Waals surface area contributed by atoms with E-state index in [2.05, 4.69) is 6.92 Å². The Balaban J connectivity index is 1.53. The summed E-state index contributed by atoms with van der Waals surface area (Å²) >= 11 is 0. The summed E-state index contributed by atoms with van der Waals surface area (Å²) in [6, 6.07) is 4.27. The fourth-order valence-electron chi connectivity index (χ4n) is 5.14. The fourth-order valence-corrected chi connectivity index (χ4v) is 5.14. The summed E-state index contributed by atoms with van der Waals surface area (Å²) in [5.41, 5.74) is 0.345. The predicted octanol–water partition coefficient (Wildman–Crippen LogP) is 6.85. The summed E-state index contributed by atoms with van der Waals surface area (Å²) in [5, 5.41) is 0. The lowest BCUT2D eigenvalue weighted by Gasteiger charge is -2.38. The maximum absolute atomic E-state index is 14.0. The molecule has 2 fully saturated rings. The zero-order valence-corrected chi connectivity index (χ0v) is 14.4. The topological polar surface area (TPSA) is 0 Å². The SMILES string of the molecule is CCCC1CCC(C2CCC(c3c(F)cccc3F)CC2)CC1. The van der Waals surface area contributed by atoms with Crippen molar-refractivity contribution in [3.8, 4) is 0 Å². The van der Waals surface area contributed by atoms with Gasteiger partial charge < -0.3 is 0 Å².